The van der Waals surface area contributed by atoms with Gasteiger partial charge in [0.1, 0.15) is 0 Å². The molecule has 7 nitrogen and oxygen atoms in total. The van der Waals surface area contributed by atoms with Crippen LogP contribution in [0, 0.1) is 0 Å². The lowest BCUT2D eigenvalue weighted by Crippen LogP contribution is -2.39. The molecular weight excluding hydrogens is 411 g/mol. The molecule has 0 bridgehead atoms. The van der Waals surface area contributed by atoms with E-state index in [-0.39, 0.29) is 24.0 Å². The number of nitrogens with one attached hydrogen (secondary N) is 2. The molecule has 0 aliphatic carbocycles. The van der Waals surface area contributed by atoms with Crippen LogP contribution in [0.25, 0.3) is 0 Å². The first-order valence-electron chi connectivity index (χ1n) is 8.00. The molecule has 0 rings (SSSR count). The number of ether oxygens (including phenoxy) is 3. The van der Waals surface area contributed by atoms with Gasteiger partial charge in [-0.1, -0.05) is 0 Å². The number of guanidine groups is 1. The predicted octanol–water partition coefficient (Wildman–Crippen LogP) is 0.791. The van der Waals surface area contributed by atoms with Crippen molar-refractivity contribution in [2.45, 2.75) is 13.3 Å². The van der Waals surface area contributed by atoms with Gasteiger partial charge in [0, 0.05) is 47.0 Å². The van der Waals surface area contributed by atoms with Crippen molar-refractivity contribution in [3.63, 3.8) is 0 Å². The second-order valence-electron chi connectivity index (χ2n) is 4.94. The van der Waals surface area contributed by atoms with Crippen LogP contribution in [0.4, 0.5) is 0 Å². The Morgan fingerprint density at radius 1 is 1.00 bits per heavy atom. The maximum absolute atomic E-state index is 5.41. The van der Waals surface area contributed by atoms with Gasteiger partial charge in [-0.15, -0.1) is 24.0 Å². The van der Waals surface area contributed by atoms with Crippen molar-refractivity contribution >= 4 is 29.9 Å². The summed E-state index contributed by atoms with van der Waals surface area (Å²) in [6.07, 6.45) is 1.05. The number of methoxy groups -OCH3 is 2. The second kappa shape index (κ2) is 19.9. The molecule has 0 spiro atoms. The lowest BCUT2D eigenvalue weighted by Gasteiger charge is -2.16. The van der Waals surface area contributed by atoms with Gasteiger partial charge in [-0.05, 0) is 20.4 Å². The smallest absolute Gasteiger partial charge is 0.191 e. The molecule has 0 aromatic heterocycles. The number of hydrogen-bond acceptors (Lipinski definition) is 5. The molecular formula is C15H35IN4O3. The average molecular weight is 446 g/mol. The Labute approximate surface area is 158 Å². The summed E-state index contributed by atoms with van der Waals surface area (Å²) in [4.78, 5) is 6.82. The second-order valence-corrected chi connectivity index (χ2v) is 4.94. The van der Waals surface area contributed by atoms with Crippen molar-refractivity contribution in [2.75, 3.05) is 80.4 Å². The molecule has 0 saturated heterocycles. The first-order valence-corrected chi connectivity index (χ1v) is 8.00. The molecule has 140 valence electrons. The van der Waals surface area contributed by atoms with Crippen molar-refractivity contribution in [2.24, 2.45) is 4.99 Å². The van der Waals surface area contributed by atoms with Gasteiger partial charge in [0.15, 0.2) is 5.96 Å². The van der Waals surface area contributed by atoms with E-state index in [1.807, 2.05) is 0 Å². The molecule has 0 radical (unpaired) electrons. The molecule has 2 N–H and O–H groups in total. The zero-order valence-electron chi connectivity index (χ0n) is 15.1. The number of aliphatic imine (C=N–C) groups is 1. The summed E-state index contributed by atoms with van der Waals surface area (Å²) in [5, 5.41) is 6.49. The highest BCUT2D eigenvalue weighted by molar-refractivity contribution is 14.0. The van der Waals surface area contributed by atoms with Gasteiger partial charge in [-0.2, -0.15) is 0 Å². The number of rotatable bonds is 14. The van der Waals surface area contributed by atoms with Crippen molar-refractivity contribution in [1.82, 2.24) is 15.5 Å². The maximum Gasteiger partial charge on any atom is 0.191 e. The predicted molar refractivity (Wildman–Crippen MR) is 106 cm³/mol. The van der Waals surface area contributed by atoms with E-state index in [2.05, 4.69) is 34.5 Å². The Kier molecular flexibility index (Phi) is 21.7. The van der Waals surface area contributed by atoms with E-state index in [0.717, 1.165) is 51.7 Å². The summed E-state index contributed by atoms with van der Waals surface area (Å²) in [6.45, 7) is 9.07. The Morgan fingerprint density at radius 3 is 2.39 bits per heavy atom. The first-order chi connectivity index (χ1) is 10.7. The van der Waals surface area contributed by atoms with Crippen LogP contribution in [0.5, 0.6) is 0 Å². The molecule has 0 heterocycles. The van der Waals surface area contributed by atoms with E-state index < -0.39 is 0 Å². The summed E-state index contributed by atoms with van der Waals surface area (Å²) >= 11 is 0. The van der Waals surface area contributed by atoms with Gasteiger partial charge >= 0.3 is 0 Å². The van der Waals surface area contributed by atoms with Crippen LogP contribution in [-0.2, 0) is 14.2 Å². The summed E-state index contributed by atoms with van der Waals surface area (Å²) in [6, 6.07) is 0. The highest BCUT2D eigenvalue weighted by atomic mass is 127. The van der Waals surface area contributed by atoms with Crippen molar-refractivity contribution in [1.29, 1.82) is 0 Å². The third kappa shape index (κ3) is 18.0. The van der Waals surface area contributed by atoms with Crippen LogP contribution in [0.3, 0.4) is 0 Å². The fourth-order valence-electron chi connectivity index (χ4n) is 1.75. The fraction of sp³-hybridized carbons (Fsp3) is 0.933. The van der Waals surface area contributed by atoms with Crippen LogP contribution < -0.4 is 10.6 Å². The molecule has 0 fully saturated rings. The minimum absolute atomic E-state index is 0. The molecule has 0 saturated carbocycles. The minimum atomic E-state index is 0. The third-order valence-electron chi connectivity index (χ3n) is 2.95. The molecule has 0 aromatic rings. The van der Waals surface area contributed by atoms with Gasteiger partial charge in [0.25, 0.3) is 0 Å². The monoisotopic (exact) mass is 446 g/mol. The molecule has 0 aliphatic rings. The number of halogens is 1. The van der Waals surface area contributed by atoms with Crippen LogP contribution >= 0.6 is 24.0 Å². The van der Waals surface area contributed by atoms with Gasteiger partial charge in [0.2, 0.25) is 0 Å². The Bertz CT molecular complexity index is 271. The standard InChI is InChI=1S/C15H34N4O3.HI/c1-5-16-15(18-8-12-22-14-13-21-4)17-7-10-19(2)9-6-11-20-3;/h5-14H2,1-4H3,(H2,16,17,18);1H. The lowest BCUT2D eigenvalue weighted by molar-refractivity contribution is 0.0733. The summed E-state index contributed by atoms with van der Waals surface area (Å²) < 4.78 is 15.4. The van der Waals surface area contributed by atoms with Crippen molar-refractivity contribution < 1.29 is 14.2 Å². The zero-order valence-corrected chi connectivity index (χ0v) is 17.4. The Hall–Kier alpha value is -0.160. The number of likely N-dealkylation sites (N-methyl/N-ethyl adjacent to an activating group) is 1. The van der Waals surface area contributed by atoms with Crippen LogP contribution in [0.2, 0.25) is 0 Å². The maximum atomic E-state index is 5.41. The Balaban J connectivity index is 0. The van der Waals surface area contributed by atoms with Crippen LogP contribution in [-0.4, -0.2) is 91.3 Å². The minimum Gasteiger partial charge on any atom is -0.385 e. The lowest BCUT2D eigenvalue weighted by atomic mass is 10.4. The molecule has 0 aromatic carbocycles. The van der Waals surface area contributed by atoms with E-state index in [1.165, 1.54) is 0 Å². The normalized spacial score (nSPS) is 11.4. The average Bonchev–Trinajstić information content (AvgIpc) is 2.51. The van der Waals surface area contributed by atoms with Crippen LogP contribution in [0.1, 0.15) is 13.3 Å². The van der Waals surface area contributed by atoms with Gasteiger partial charge < -0.3 is 29.7 Å². The molecule has 0 unspecified atom stereocenters. The fourth-order valence-corrected chi connectivity index (χ4v) is 1.75. The van der Waals surface area contributed by atoms with Gasteiger partial charge in [-0.25, -0.2) is 0 Å². The third-order valence-corrected chi connectivity index (χ3v) is 2.95. The van der Waals surface area contributed by atoms with E-state index in [0.29, 0.717) is 19.8 Å². The van der Waals surface area contributed by atoms with E-state index in [1.54, 1.807) is 14.2 Å². The Morgan fingerprint density at radius 2 is 1.74 bits per heavy atom. The number of hydrogen-bond donors (Lipinski definition) is 2. The molecule has 8 heteroatoms. The largest absolute Gasteiger partial charge is 0.385 e. The number of nitrogens with zero attached hydrogens (tertiary/aromatic N) is 2. The van der Waals surface area contributed by atoms with Gasteiger partial charge in [-0.3, -0.25) is 4.99 Å². The van der Waals surface area contributed by atoms with Crippen molar-refractivity contribution in [3.05, 3.63) is 0 Å². The summed E-state index contributed by atoms with van der Waals surface area (Å²) in [5.74, 6) is 0.836. The first kappa shape index (κ1) is 25.1. The van der Waals surface area contributed by atoms with E-state index >= 15 is 0 Å². The molecule has 23 heavy (non-hydrogen) atoms. The molecule has 0 aliphatic heterocycles. The summed E-state index contributed by atoms with van der Waals surface area (Å²) in [7, 11) is 5.51. The summed E-state index contributed by atoms with van der Waals surface area (Å²) in [5.41, 5.74) is 0. The highest BCUT2D eigenvalue weighted by Crippen LogP contribution is 1.88. The van der Waals surface area contributed by atoms with E-state index in [4.69, 9.17) is 14.2 Å². The quantitative estimate of drug-likeness (QED) is 0.178. The van der Waals surface area contributed by atoms with Gasteiger partial charge in [0.05, 0.1) is 26.4 Å². The van der Waals surface area contributed by atoms with Crippen LogP contribution in [0.15, 0.2) is 4.99 Å². The SMILES string of the molecule is CCNC(=NCCN(C)CCCOC)NCCOCCOC.I. The topological polar surface area (TPSA) is 67.4 Å². The zero-order chi connectivity index (χ0) is 16.5. The van der Waals surface area contributed by atoms with E-state index in [9.17, 15) is 0 Å². The van der Waals surface area contributed by atoms with Crippen molar-refractivity contribution in [3.8, 4) is 0 Å². The highest BCUT2D eigenvalue weighted by Gasteiger charge is 1.99. The molecule has 0 amide bonds. The molecule has 0 atom stereocenters.